The Balaban J connectivity index is 1.54. The number of nitrogens with one attached hydrogen (secondary N) is 1. The Morgan fingerprint density at radius 2 is 1.92 bits per heavy atom. The highest BCUT2D eigenvalue weighted by molar-refractivity contribution is 7.22. The maximum atomic E-state index is 12.4. The number of aromatic nitrogens is 1. The van der Waals surface area contributed by atoms with Crippen LogP contribution in [0.2, 0.25) is 0 Å². The van der Waals surface area contributed by atoms with Gasteiger partial charge in [-0.05, 0) is 25.0 Å². The third kappa shape index (κ3) is 3.30. The van der Waals surface area contributed by atoms with Gasteiger partial charge in [-0.3, -0.25) is 4.79 Å². The Labute approximate surface area is 149 Å². The van der Waals surface area contributed by atoms with Crippen molar-refractivity contribution in [2.24, 2.45) is 0 Å². The van der Waals surface area contributed by atoms with Crippen LogP contribution in [0.3, 0.4) is 0 Å². The number of benzene rings is 2. The number of carbonyl (C=O) groups excluding carboxylic acids is 1. The Morgan fingerprint density at radius 1 is 1.16 bits per heavy atom. The van der Waals surface area contributed by atoms with Crippen LogP contribution in [0.15, 0.2) is 30.3 Å². The number of thiazole rings is 1. The van der Waals surface area contributed by atoms with E-state index in [1.165, 1.54) is 11.3 Å². The number of amides is 1. The van der Waals surface area contributed by atoms with Gasteiger partial charge in [0.25, 0.3) is 0 Å². The van der Waals surface area contributed by atoms with E-state index in [1.807, 2.05) is 32.0 Å². The summed E-state index contributed by atoms with van der Waals surface area (Å²) in [6, 6.07) is 9.93. The van der Waals surface area contributed by atoms with Crippen molar-refractivity contribution >= 4 is 32.6 Å². The molecule has 0 unspecified atom stereocenters. The molecule has 0 spiro atoms. The van der Waals surface area contributed by atoms with Crippen LogP contribution in [-0.4, -0.2) is 24.1 Å². The lowest BCUT2D eigenvalue weighted by atomic mass is 10.0. The lowest BCUT2D eigenvalue weighted by Gasteiger charge is -2.17. The highest BCUT2D eigenvalue weighted by Crippen LogP contribution is 2.37. The van der Waals surface area contributed by atoms with Crippen LogP contribution in [-0.2, 0) is 11.2 Å². The van der Waals surface area contributed by atoms with Gasteiger partial charge in [-0.1, -0.05) is 35.1 Å². The van der Waals surface area contributed by atoms with Gasteiger partial charge in [0.2, 0.25) is 5.91 Å². The monoisotopic (exact) mass is 354 g/mol. The number of aryl methyl sites for hydroxylation is 2. The lowest BCUT2D eigenvalue weighted by molar-refractivity contribution is -0.115. The highest BCUT2D eigenvalue weighted by Gasteiger charge is 2.16. The number of rotatable bonds is 3. The van der Waals surface area contributed by atoms with Gasteiger partial charge in [0.05, 0.1) is 16.6 Å². The largest absolute Gasteiger partial charge is 0.486 e. The quantitative estimate of drug-likeness (QED) is 0.776. The number of hydrogen-bond acceptors (Lipinski definition) is 5. The van der Waals surface area contributed by atoms with E-state index in [2.05, 4.69) is 22.4 Å². The minimum absolute atomic E-state index is 0.0648. The van der Waals surface area contributed by atoms with E-state index in [0.29, 0.717) is 30.5 Å². The molecule has 0 bridgehead atoms. The molecule has 2 aromatic carbocycles. The molecule has 5 nitrogen and oxygen atoms in total. The fourth-order valence-corrected chi connectivity index (χ4v) is 3.74. The van der Waals surface area contributed by atoms with Crippen LogP contribution in [0.4, 0.5) is 5.13 Å². The maximum absolute atomic E-state index is 12.4. The normalized spacial score (nSPS) is 13.0. The fourth-order valence-electron chi connectivity index (χ4n) is 2.85. The minimum atomic E-state index is -0.0648. The molecule has 4 rings (SSSR count). The fraction of sp³-hybridized carbons (Fsp3) is 0.263. The van der Waals surface area contributed by atoms with Gasteiger partial charge in [-0.2, -0.15) is 0 Å². The molecule has 0 fully saturated rings. The second-order valence-corrected chi connectivity index (χ2v) is 7.17. The zero-order valence-electron chi connectivity index (χ0n) is 14.1. The van der Waals surface area contributed by atoms with Crippen molar-refractivity contribution in [1.82, 2.24) is 4.98 Å². The number of fused-ring (bicyclic) bond motifs is 2. The zero-order chi connectivity index (χ0) is 17.4. The Morgan fingerprint density at radius 3 is 2.72 bits per heavy atom. The van der Waals surface area contributed by atoms with Gasteiger partial charge in [0, 0.05) is 12.1 Å². The molecule has 0 saturated heterocycles. The van der Waals surface area contributed by atoms with Crippen molar-refractivity contribution in [3.8, 4) is 11.5 Å². The summed E-state index contributed by atoms with van der Waals surface area (Å²) in [5.41, 5.74) is 4.11. The van der Waals surface area contributed by atoms with Gasteiger partial charge in [0.1, 0.15) is 13.2 Å². The molecule has 1 aliphatic heterocycles. The third-order valence-electron chi connectivity index (χ3n) is 4.15. The molecule has 1 amide bonds. The molecule has 0 aliphatic carbocycles. The van der Waals surface area contributed by atoms with Gasteiger partial charge in [0.15, 0.2) is 16.6 Å². The van der Waals surface area contributed by atoms with Gasteiger partial charge in [-0.15, -0.1) is 0 Å². The molecule has 0 saturated carbocycles. The Hall–Kier alpha value is -2.60. The second kappa shape index (κ2) is 6.37. The predicted molar refractivity (Wildman–Crippen MR) is 98.9 cm³/mol. The molecule has 1 aromatic heterocycles. The molecular formula is C19H18N2O3S. The van der Waals surface area contributed by atoms with Gasteiger partial charge < -0.3 is 14.8 Å². The average Bonchev–Trinajstić information content (AvgIpc) is 2.96. The van der Waals surface area contributed by atoms with E-state index in [9.17, 15) is 4.79 Å². The first-order chi connectivity index (χ1) is 12.1. The van der Waals surface area contributed by atoms with Gasteiger partial charge in [-0.25, -0.2) is 4.98 Å². The van der Waals surface area contributed by atoms with E-state index in [4.69, 9.17) is 9.47 Å². The minimum Gasteiger partial charge on any atom is -0.486 e. The standard InChI is InChI=1S/C19H18N2O3S/c1-11-3-4-12(2)13(7-11)8-18(22)21-19-20-14-9-15-16(10-17(14)25-19)24-6-5-23-15/h3-4,7,9-10H,5-6,8H2,1-2H3,(H,20,21,22). The molecule has 128 valence electrons. The summed E-state index contributed by atoms with van der Waals surface area (Å²) in [6.45, 7) is 5.14. The molecular weight excluding hydrogens is 336 g/mol. The summed E-state index contributed by atoms with van der Waals surface area (Å²) >= 11 is 1.44. The Kier molecular flexibility index (Phi) is 4.05. The van der Waals surface area contributed by atoms with Crippen LogP contribution in [0.5, 0.6) is 11.5 Å². The molecule has 25 heavy (non-hydrogen) atoms. The lowest BCUT2D eigenvalue weighted by Crippen LogP contribution is -2.15. The van der Waals surface area contributed by atoms with Crippen LogP contribution in [0.25, 0.3) is 10.2 Å². The smallest absolute Gasteiger partial charge is 0.230 e. The van der Waals surface area contributed by atoms with E-state index < -0.39 is 0 Å². The van der Waals surface area contributed by atoms with E-state index in [0.717, 1.165) is 32.7 Å². The number of hydrogen-bond donors (Lipinski definition) is 1. The number of carbonyl (C=O) groups is 1. The Bertz CT molecular complexity index is 922. The first kappa shape index (κ1) is 15.9. The average molecular weight is 354 g/mol. The molecule has 0 radical (unpaired) electrons. The SMILES string of the molecule is Cc1ccc(C)c(CC(=O)Nc2nc3cc4c(cc3s2)OCCO4)c1. The van der Waals surface area contributed by atoms with Crippen molar-refractivity contribution in [3.05, 3.63) is 47.0 Å². The summed E-state index contributed by atoms with van der Waals surface area (Å²) in [5, 5.41) is 3.49. The van der Waals surface area contributed by atoms with Crippen LogP contribution < -0.4 is 14.8 Å². The number of anilines is 1. The van der Waals surface area contributed by atoms with Gasteiger partial charge >= 0.3 is 0 Å². The summed E-state index contributed by atoms with van der Waals surface area (Å²) in [7, 11) is 0. The molecule has 3 aromatic rings. The molecule has 0 atom stereocenters. The first-order valence-electron chi connectivity index (χ1n) is 8.15. The highest BCUT2D eigenvalue weighted by atomic mass is 32.1. The third-order valence-corrected chi connectivity index (χ3v) is 5.09. The van der Waals surface area contributed by atoms with Crippen molar-refractivity contribution in [2.75, 3.05) is 18.5 Å². The molecule has 1 N–H and O–H groups in total. The predicted octanol–water partition coefficient (Wildman–Crippen LogP) is 3.87. The summed E-state index contributed by atoms with van der Waals surface area (Å²) < 4.78 is 12.1. The van der Waals surface area contributed by atoms with Crippen LogP contribution >= 0.6 is 11.3 Å². The maximum Gasteiger partial charge on any atom is 0.230 e. The number of nitrogens with zero attached hydrogens (tertiary/aromatic N) is 1. The zero-order valence-corrected chi connectivity index (χ0v) is 14.9. The summed E-state index contributed by atoms with van der Waals surface area (Å²) in [6.07, 6.45) is 0.339. The van der Waals surface area contributed by atoms with Crippen molar-refractivity contribution in [1.29, 1.82) is 0 Å². The van der Waals surface area contributed by atoms with Crippen LogP contribution in [0.1, 0.15) is 16.7 Å². The first-order valence-corrected chi connectivity index (χ1v) is 8.96. The number of ether oxygens (including phenoxy) is 2. The van der Waals surface area contributed by atoms with E-state index in [1.54, 1.807) is 0 Å². The molecule has 1 aliphatic rings. The molecule has 2 heterocycles. The van der Waals surface area contributed by atoms with Crippen molar-refractivity contribution in [3.63, 3.8) is 0 Å². The summed E-state index contributed by atoms with van der Waals surface area (Å²) in [4.78, 5) is 16.9. The van der Waals surface area contributed by atoms with Crippen molar-refractivity contribution in [2.45, 2.75) is 20.3 Å². The molecule has 6 heteroatoms. The topological polar surface area (TPSA) is 60.5 Å². The summed E-state index contributed by atoms with van der Waals surface area (Å²) in [5.74, 6) is 1.37. The van der Waals surface area contributed by atoms with Crippen molar-refractivity contribution < 1.29 is 14.3 Å². The second-order valence-electron chi connectivity index (χ2n) is 6.14. The van der Waals surface area contributed by atoms with Crippen LogP contribution in [0, 0.1) is 13.8 Å². The van der Waals surface area contributed by atoms with E-state index >= 15 is 0 Å². The van der Waals surface area contributed by atoms with E-state index in [-0.39, 0.29) is 5.91 Å².